The Balaban J connectivity index is 1.30. The van der Waals surface area contributed by atoms with Crippen molar-refractivity contribution in [2.45, 2.75) is 13.1 Å². The Kier molecular flexibility index (Phi) is 13.8. The van der Waals surface area contributed by atoms with Crippen molar-refractivity contribution in [3.05, 3.63) is 243 Å². The van der Waals surface area contributed by atoms with Crippen molar-refractivity contribution >= 4 is 131 Å². The van der Waals surface area contributed by atoms with Crippen LogP contribution in [0.2, 0.25) is 13.1 Å². The van der Waals surface area contributed by atoms with E-state index in [0.29, 0.717) is 31.1 Å². The fourth-order valence-electron chi connectivity index (χ4n) is 9.30. The molecule has 0 N–H and O–H groups in total. The molecule has 13 nitrogen and oxygen atoms in total. The summed E-state index contributed by atoms with van der Waals surface area (Å²) in [7, 11) is -41.3. The molecule has 0 radical (unpaired) electrons. The van der Waals surface area contributed by atoms with E-state index >= 15 is 0 Å². The van der Waals surface area contributed by atoms with Gasteiger partial charge in [0.15, 0.2) is 0 Å². The maximum absolute atomic E-state index is 8.31. The van der Waals surface area contributed by atoms with Gasteiger partial charge < -0.3 is 53.5 Å². The lowest BCUT2D eigenvalue weighted by Crippen LogP contribution is -2.88. The van der Waals surface area contributed by atoms with Crippen LogP contribution in [0.3, 0.4) is 0 Å². The van der Waals surface area contributed by atoms with Gasteiger partial charge in [0.1, 0.15) is 0 Å². The zero-order valence-electron chi connectivity index (χ0n) is 39.7. The third-order valence-electron chi connectivity index (χ3n) is 12.6. The average molecular weight is 1140 g/mol. The number of hydrogen-bond donors (Lipinski definition) is 0. The van der Waals surface area contributed by atoms with Crippen molar-refractivity contribution in [1.82, 2.24) is 0 Å². The van der Waals surface area contributed by atoms with Crippen LogP contribution in [0.4, 0.5) is 0 Å². The van der Waals surface area contributed by atoms with Crippen molar-refractivity contribution < 1.29 is 53.5 Å². The van der Waals surface area contributed by atoms with E-state index < -0.39 is 90.0 Å². The molecule has 0 spiro atoms. The maximum Gasteiger partial charge on any atom is 0.515 e. The predicted octanol–water partition coefficient (Wildman–Crippen LogP) is 2.29. The average Bonchev–Trinajstić information content (AvgIpc) is 3.43. The van der Waals surface area contributed by atoms with Crippen molar-refractivity contribution in [3.63, 3.8) is 0 Å². The van der Waals surface area contributed by atoms with Crippen LogP contribution in [0.15, 0.2) is 243 Å². The molecule has 368 valence electrons. The Bertz CT molecular complexity index is 3070. The highest BCUT2D eigenvalue weighted by Gasteiger charge is 2.76. The van der Waals surface area contributed by atoms with Crippen molar-refractivity contribution in [3.8, 4) is 0 Å². The molecule has 12 rings (SSSR count). The molecular weight excluding hydrogens is 1090 g/mol. The summed E-state index contributed by atoms with van der Waals surface area (Å²) in [5.41, 5.74) is 0. The third-order valence-corrected chi connectivity index (χ3v) is 50.1. The van der Waals surface area contributed by atoms with Crippen molar-refractivity contribution in [2.75, 3.05) is 0 Å². The van der Waals surface area contributed by atoms with Gasteiger partial charge in [0, 0.05) is 31.1 Å². The molecule has 4 aliphatic rings. The van der Waals surface area contributed by atoms with Gasteiger partial charge in [-0.25, -0.2) is 0 Å². The van der Waals surface area contributed by atoms with Crippen LogP contribution < -0.4 is 41.5 Å². The van der Waals surface area contributed by atoms with Gasteiger partial charge in [0.2, 0.25) is 0 Å². The van der Waals surface area contributed by atoms with Crippen LogP contribution in [0.25, 0.3) is 0 Å². The second-order valence-electron chi connectivity index (χ2n) is 17.6. The first-order valence-electron chi connectivity index (χ1n) is 24.1. The number of fused-ring (bicyclic) bond motifs is 6. The molecule has 4 fully saturated rings. The smallest absolute Gasteiger partial charge is 0.417 e. The summed E-state index contributed by atoms with van der Waals surface area (Å²) in [4.78, 5) is 0. The van der Waals surface area contributed by atoms with E-state index in [9.17, 15) is 0 Å². The van der Waals surface area contributed by atoms with Gasteiger partial charge in [-0.15, -0.1) is 0 Å². The zero-order chi connectivity index (χ0) is 49.4. The highest BCUT2D eigenvalue weighted by molar-refractivity contribution is 7.08. The van der Waals surface area contributed by atoms with E-state index in [1.165, 1.54) is 0 Å². The maximum atomic E-state index is 8.31. The first-order chi connectivity index (χ1) is 35.7. The highest BCUT2D eigenvalue weighted by Crippen LogP contribution is 2.40. The summed E-state index contributed by atoms with van der Waals surface area (Å²) in [6.45, 7) is 3.94. The standard InChI is InChI=1S/C50H50O13Si10/c1-64-51-66(43-27-11-3-12-28-43)55-71(48-37-21-8-22-38-48)58-68(45-31-15-5-16-32-45)53-65(2)54-70(47-35-19-7-20-36-47)60-72(49-39-23-9-24-40-49,57-67(56-68)44-29-13-4-14-30-44)59-69(52-64,46-33-17-6-18-34-46)61-73(62-70,63-71)50-41-25-10-26-42-50/h3-42,64-67H,1-2H3. The molecule has 0 saturated carbocycles. The third kappa shape index (κ3) is 9.59. The molecule has 23 heteroatoms. The Labute approximate surface area is 437 Å². The topological polar surface area (TPSA) is 120 Å². The van der Waals surface area contributed by atoms with Crippen molar-refractivity contribution in [1.29, 1.82) is 0 Å². The Morgan fingerprint density at radius 2 is 0.466 bits per heavy atom. The SMILES string of the molecule is C[SiH]1O[SiH](c2ccccc2)O[Si]2(c3ccccc3)O[Si]3(c4ccccc4)O[SiH](C)O[Si]4(c5ccccc5)O[Si](c5ccccc5)(O[SiH](c5ccccc5)O3)O[Si](c3ccccc3)(O1)O[Si](c1ccccc1)(O4)O2. The minimum absolute atomic E-state index is 0.566. The first-order valence-corrected chi connectivity index (χ1v) is 41.7. The molecule has 0 aliphatic carbocycles. The van der Waals surface area contributed by atoms with Crippen molar-refractivity contribution in [2.24, 2.45) is 0 Å². The summed E-state index contributed by atoms with van der Waals surface area (Å²) < 4.78 is 104. The molecule has 6 bridgehead atoms. The Morgan fingerprint density at radius 3 is 0.849 bits per heavy atom. The molecule has 73 heavy (non-hydrogen) atoms. The van der Waals surface area contributed by atoms with Crippen LogP contribution >= 0.6 is 0 Å². The van der Waals surface area contributed by atoms with Crippen LogP contribution in [-0.4, -0.2) is 90.0 Å². The van der Waals surface area contributed by atoms with Gasteiger partial charge in [-0.2, -0.15) is 0 Å². The Morgan fingerprint density at radius 1 is 0.233 bits per heavy atom. The lowest BCUT2D eigenvalue weighted by Gasteiger charge is -2.55. The molecule has 8 aromatic rings. The predicted molar refractivity (Wildman–Crippen MR) is 298 cm³/mol. The number of hydrogen-bond acceptors (Lipinski definition) is 13. The van der Waals surface area contributed by atoms with Crippen LogP contribution in [0, 0.1) is 0 Å². The molecule has 8 aromatic carbocycles. The zero-order valence-corrected chi connectivity index (χ0v) is 50.3. The summed E-state index contributed by atoms with van der Waals surface area (Å²) in [6, 6.07) is 78.5. The van der Waals surface area contributed by atoms with Gasteiger partial charge in [-0.05, 0) is 23.5 Å². The summed E-state index contributed by atoms with van der Waals surface area (Å²) in [6.07, 6.45) is 0. The molecule has 0 aromatic heterocycles. The van der Waals surface area contributed by atoms with E-state index in [0.717, 1.165) is 10.4 Å². The van der Waals surface area contributed by atoms with Gasteiger partial charge in [0.25, 0.3) is 0 Å². The minimum Gasteiger partial charge on any atom is -0.417 e. The second-order valence-corrected chi connectivity index (χ2v) is 44.3. The quantitative estimate of drug-likeness (QED) is 0.208. The molecule has 4 saturated heterocycles. The van der Waals surface area contributed by atoms with E-state index in [2.05, 4.69) is 0 Å². The molecule has 4 heterocycles. The van der Waals surface area contributed by atoms with Crippen LogP contribution in [-0.2, 0) is 53.5 Å². The normalized spacial score (nSPS) is 32.4. The van der Waals surface area contributed by atoms with E-state index in [-0.39, 0.29) is 0 Å². The van der Waals surface area contributed by atoms with Crippen LogP contribution in [0.1, 0.15) is 0 Å². The van der Waals surface area contributed by atoms with Gasteiger partial charge >= 0.3 is 90.0 Å². The number of benzene rings is 8. The molecule has 0 amide bonds. The van der Waals surface area contributed by atoms with Gasteiger partial charge in [0.05, 0.1) is 0 Å². The van der Waals surface area contributed by atoms with E-state index in [1.54, 1.807) is 0 Å². The highest BCUT2D eigenvalue weighted by atomic mass is 28.6. The Hall–Kier alpha value is -4.59. The summed E-state index contributed by atoms with van der Waals surface area (Å²) in [5, 5.41) is 5.25. The van der Waals surface area contributed by atoms with Gasteiger partial charge in [-0.3, -0.25) is 0 Å². The lowest BCUT2D eigenvalue weighted by atomic mass is 10.4. The van der Waals surface area contributed by atoms with Crippen LogP contribution in [0.5, 0.6) is 0 Å². The molecule has 10 atom stereocenters. The van der Waals surface area contributed by atoms with E-state index in [4.69, 9.17) is 53.5 Å². The van der Waals surface area contributed by atoms with E-state index in [1.807, 2.05) is 256 Å². The second kappa shape index (κ2) is 20.5. The monoisotopic (exact) mass is 1140 g/mol. The fourth-order valence-corrected chi connectivity index (χ4v) is 57.1. The van der Waals surface area contributed by atoms with Gasteiger partial charge in [-0.1, -0.05) is 243 Å². The fraction of sp³-hybridized carbons (Fsp3) is 0.0400. The summed E-state index contributed by atoms with van der Waals surface area (Å²) >= 11 is 0. The molecular formula is C50H50O13Si10. The minimum atomic E-state index is -4.90. The molecule has 4 aliphatic heterocycles. The molecule has 10 unspecified atom stereocenters. The lowest BCUT2D eigenvalue weighted by molar-refractivity contribution is 0.0658. The number of rotatable bonds is 8. The first kappa shape index (κ1) is 49.3. The summed E-state index contributed by atoms with van der Waals surface area (Å²) in [5.74, 6) is 0. The largest absolute Gasteiger partial charge is 0.515 e.